The lowest BCUT2D eigenvalue weighted by atomic mass is 9.91. The number of aromatic nitrogens is 1. The van der Waals surface area contributed by atoms with E-state index in [2.05, 4.69) is 22.8 Å². The van der Waals surface area contributed by atoms with Gasteiger partial charge in [-0.05, 0) is 49.7 Å². The van der Waals surface area contributed by atoms with Crippen LogP contribution in [0.3, 0.4) is 0 Å². The van der Waals surface area contributed by atoms with Crippen LogP contribution in [-0.4, -0.2) is 59.0 Å². The molecule has 0 bridgehead atoms. The maximum Gasteiger partial charge on any atom is 0.305 e. The van der Waals surface area contributed by atoms with Crippen molar-refractivity contribution in [2.75, 3.05) is 31.5 Å². The Balaban J connectivity index is 1.41. The molecule has 3 N–H and O–H groups in total. The van der Waals surface area contributed by atoms with E-state index in [1.165, 1.54) is 5.56 Å². The van der Waals surface area contributed by atoms with E-state index in [9.17, 15) is 14.4 Å². The molecule has 28 heavy (non-hydrogen) atoms. The number of likely N-dealkylation sites (tertiary alicyclic amines) is 1. The van der Waals surface area contributed by atoms with Crippen LogP contribution < -0.4 is 10.6 Å². The van der Waals surface area contributed by atoms with Crippen LogP contribution in [0.4, 0.5) is 5.82 Å². The molecular weight excluding hydrogens is 360 g/mol. The van der Waals surface area contributed by atoms with E-state index >= 15 is 0 Å². The number of carboxylic acids is 1. The first-order valence-electron chi connectivity index (χ1n) is 10.00. The number of aliphatic carboxylic acids is 1. The van der Waals surface area contributed by atoms with Gasteiger partial charge in [-0.15, -0.1) is 0 Å². The van der Waals surface area contributed by atoms with Crippen molar-refractivity contribution >= 4 is 23.6 Å². The lowest BCUT2D eigenvalue weighted by Crippen LogP contribution is -2.41. The smallest absolute Gasteiger partial charge is 0.305 e. The van der Waals surface area contributed by atoms with Crippen molar-refractivity contribution in [3.63, 3.8) is 0 Å². The number of aryl methyl sites for hydroxylation is 1. The van der Waals surface area contributed by atoms with Crippen molar-refractivity contribution in [3.8, 4) is 0 Å². The zero-order chi connectivity index (χ0) is 19.9. The summed E-state index contributed by atoms with van der Waals surface area (Å²) in [6, 6.07) is 4.29. The first-order chi connectivity index (χ1) is 13.5. The number of pyridine rings is 1. The summed E-state index contributed by atoms with van der Waals surface area (Å²) >= 11 is 0. The largest absolute Gasteiger partial charge is 0.481 e. The Labute approximate surface area is 164 Å². The molecule has 2 aliphatic rings. The number of fused-ring (bicyclic) bond motifs is 1. The standard InChI is InChI=1S/C20H28N4O4/c25-17(21-9-5-19(27)28)13-18(26)24-10-6-14(7-11-24)12-16-4-3-15-2-1-8-22-20(15)23-16/h3-4,14H,1-2,5-13H2,(H,21,25)(H,22,23)(H,27,28). The molecule has 3 heterocycles. The second kappa shape index (κ2) is 9.52. The molecular formula is C20H28N4O4. The number of nitrogens with zero attached hydrogens (tertiary/aromatic N) is 2. The Morgan fingerprint density at radius 1 is 1.25 bits per heavy atom. The molecule has 0 aromatic carbocycles. The maximum absolute atomic E-state index is 12.3. The van der Waals surface area contributed by atoms with Gasteiger partial charge in [0.15, 0.2) is 0 Å². The Morgan fingerprint density at radius 3 is 2.79 bits per heavy atom. The highest BCUT2D eigenvalue weighted by molar-refractivity contribution is 5.97. The fraction of sp³-hybridized carbons (Fsp3) is 0.600. The minimum atomic E-state index is -0.974. The molecule has 152 valence electrons. The summed E-state index contributed by atoms with van der Waals surface area (Å²) in [6.07, 6.45) is 4.59. The fourth-order valence-electron chi connectivity index (χ4n) is 3.79. The van der Waals surface area contributed by atoms with Crippen molar-refractivity contribution in [2.45, 2.75) is 44.9 Å². The highest BCUT2D eigenvalue weighted by Crippen LogP contribution is 2.24. The molecule has 0 saturated carbocycles. The van der Waals surface area contributed by atoms with Crippen molar-refractivity contribution in [2.24, 2.45) is 5.92 Å². The van der Waals surface area contributed by atoms with Crippen LogP contribution in [0.5, 0.6) is 0 Å². The number of anilines is 1. The van der Waals surface area contributed by atoms with E-state index in [0.29, 0.717) is 19.0 Å². The van der Waals surface area contributed by atoms with Crippen LogP contribution in [0, 0.1) is 5.92 Å². The summed E-state index contributed by atoms with van der Waals surface area (Å²) in [5.74, 6) is -0.0766. The van der Waals surface area contributed by atoms with Crippen LogP contribution in [0.1, 0.15) is 43.4 Å². The van der Waals surface area contributed by atoms with Gasteiger partial charge in [-0.25, -0.2) is 4.98 Å². The van der Waals surface area contributed by atoms with Crippen LogP contribution in [0.15, 0.2) is 12.1 Å². The normalized spacial score (nSPS) is 16.8. The molecule has 3 rings (SSSR count). The molecule has 8 heteroatoms. The fourth-order valence-corrected chi connectivity index (χ4v) is 3.79. The predicted molar refractivity (Wildman–Crippen MR) is 104 cm³/mol. The lowest BCUT2D eigenvalue weighted by molar-refractivity contribution is -0.137. The highest BCUT2D eigenvalue weighted by Gasteiger charge is 2.25. The van der Waals surface area contributed by atoms with Crippen molar-refractivity contribution in [1.29, 1.82) is 0 Å². The maximum atomic E-state index is 12.3. The topological polar surface area (TPSA) is 112 Å². The van der Waals surface area contributed by atoms with Crippen molar-refractivity contribution in [1.82, 2.24) is 15.2 Å². The molecule has 0 radical (unpaired) electrons. The molecule has 2 aliphatic heterocycles. The molecule has 1 fully saturated rings. The average molecular weight is 388 g/mol. The zero-order valence-electron chi connectivity index (χ0n) is 16.1. The molecule has 1 aromatic rings. The van der Waals surface area contributed by atoms with Gasteiger partial charge in [-0.2, -0.15) is 0 Å². The SMILES string of the molecule is O=C(O)CCNC(=O)CC(=O)N1CCC(Cc2ccc3c(n2)NCCC3)CC1. The summed E-state index contributed by atoms with van der Waals surface area (Å²) in [7, 11) is 0. The van der Waals surface area contributed by atoms with Gasteiger partial charge in [0, 0.05) is 31.9 Å². The quantitative estimate of drug-likeness (QED) is 0.605. The molecule has 1 aromatic heterocycles. The van der Waals surface area contributed by atoms with Crippen molar-refractivity contribution in [3.05, 3.63) is 23.4 Å². The number of hydrogen-bond acceptors (Lipinski definition) is 5. The zero-order valence-corrected chi connectivity index (χ0v) is 16.1. The minimum absolute atomic E-state index is 0.0478. The molecule has 0 unspecified atom stereocenters. The number of piperidine rings is 1. The van der Waals surface area contributed by atoms with Crippen LogP contribution >= 0.6 is 0 Å². The summed E-state index contributed by atoms with van der Waals surface area (Å²) < 4.78 is 0. The Hall–Kier alpha value is -2.64. The molecule has 8 nitrogen and oxygen atoms in total. The predicted octanol–water partition coefficient (Wildman–Crippen LogP) is 1.20. The lowest BCUT2D eigenvalue weighted by Gasteiger charge is -2.32. The van der Waals surface area contributed by atoms with Crippen LogP contribution in [0.25, 0.3) is 0 Å². The third-order valence-electron chi connectivity index (χ3n) is 5.39. The summed E-state index contributed by atoms with van der Waals surface area (Å²) in [6.45, 7) is 2.32. The number of carboxylic acid groups (broad SMARTS) is 1. The van der Waals surface area contributed by atoms with E-state index in [1.807, 2.05) is 0 Å². The summed E-state index contributed by atoms with van der Waals surface area (Å²) in [5.41, 5.74) is 2.38. The third-order valence-corrected chi connectivity index (χ3v) is 5.39. The number of amides is 2. The summed E-state index contributed by atoms with van der Waals surface area (Å²) in [4.78, 5) is 40.9. The van der Waals surface area contributed by atoms with E-state index in [0.717, 1.165) is 50.2 Å². The highest BCUT2D eigenvalue weighted by atomic mass is 16.4. The molecule has 2 amide bonds. The monoisotopic (exact) mass is 388 g/mol. The van der Waals surface area contributed by atoms with Crippen LogP contribution in [0.2, 0.25) is 0 Å². The first kappa shape index (κ1) is 20.1. The van der Waals surface area contributed by atoms with Gasteiger partial charge < -0.3 is 20.6 Å². The van der Waals surface area contributed by atoms with Gasteiger partial charge in [0.25, 0.3) is 0 Å². The van der Waals surface area contributed by atoms with Crippen LogP contribution in [-0.2, 0) is 27.2 Å². The van der Waals surface area contributed by atoms with Gasteiger partial charge in [0.05, 0.1) is 6.42 Å². The van der Waals surface area contributed by atoms with Gasteiger partial charge in [0.2, 0.25) is 11.8 Å². The number of rotatable bonds is 7. The number of carbonyl (C=O) groups is 3. The Kier molecular flexibility index (Phi) is 6.84. The van der Waals surface area contributed by atoms with E-state index < -0.39 is 11.9 Å². The van der Waals surface area contributed by atoms with E-state index in [-0.39, 0.29) is 25.3 Å². The van der Waals surface area contributed by atoms with E-state index in [1.54, 1.807) is 4.90 Å². The second-order valence-electron chi connectivity index (χ2n) is 7.54. The molecule has 0 atom stereocenters. The number of carbonyl (C=O) groups excluding carboxylic acids is 2. The first-order valence-corrected chi connectivity index (χ1v) is 10.00. The number of nitrogens with one attached hydrogen (secondary N) is 2. The molecule has 0 spiro atoms. The minimum Gasteiger partial charge on any atom is -0.481 e. The summed E-state index contributed by atoms with van der Waals surface area (Å²) in [5, 5.41) is 14.4. The van der Waals surface area contributed by atoms with Gasteiger partial charge in [0.1, 0.15) is 12.2 Å². The van der Waals surface area contributed by atoms with Gasteiger partial charge >= 0.3 is 5.97 Å². The molecule has 1 saturated heterocycles. The average Bonchev–Trinajstić information content (AvgIpc) is 2.68. The Bertz CT molecular complexity index is 729. The number of hydrogen-bond donors (Lipinski definition) is 3. The Morgan fingerprint density at radius 2 is 2.04 bits per heavy atom. The van der Waals surface area contributed by atoms with E-state index in [4.69, 9.17) is 10.1 Å². The van der Waals surface area contributed by atoms with Gasteiger partial charge in [-0.3, -0.25) is 14.4 Å². The third kappa shape index (κ3) is 5.68. The van der Waals surface area contributed by atoms with Gasteiger partial charge in [-0.1, -0.05) is 6.07 Å². The molecule has 0 aliphatic carbocycles. The second-order valence-corrected chi connectivity index (χ2v) is 7.54. The van der Waals surface area contributed by atoms with Crippen molar-refractivity contribution < 1.29 is 19.5 Å².